The van der Waals surface area contributed by atoms with E-state index in [4.69, 9.17) is 10.00 Å². The highest BCUT2D eigenvalue weighted by Crippen LogP contribution is 2.23. The lowest BCUT2D eigenvalue weighted by atomic mass is 10.2. The number of nitriles is 1. The van der Waals surface area contributed by atoms with E-state index in [0.717, 1.165) is 5.56 Å². The maximum atomic E-state index is 12.6. The summed E-state index contributed by atoms with van der Waals surface area (Å²) in [6.07, 6.45) is 2.12. The summed E-state index contributed by atoms with van der Waals surface area (Å²) in [5.74, 6) is 0.503. The smallest absolute Gasteiger partial charge is 0.243 e. The van der Waals surface area contributed by atoms with Gasteiger partial charge < -0.3 is 4.74 Å². The van der Waals surface area contributed by atoms with Gasteiger partial charge in [0.25, 0.3) is 0 Å². The highest BCUT2D eigenvalue weighted by Gasteiger charge is 2.33. The molecule has 0 N–H and O–H groups in total. The van der Waals surface area contributed by atoms with Crippen molar-refractivity contribution in [3.63, 3.8) is 0 Å². The molecule has 1 unspecified atom stereocenters. The zero-order valence-corrected chi connectivity index (χ0v) is 14.0. The standard InChI is InChI=1S/C17H17N3O3S/c1-13-2-7-17(19-11-13)23-15-8-9-20(12-15)24(21,22)16-5-3-14(10-18)4-6-16/h2-7,11,15H,8-9,12H2,1H3. The highest BCUT2D eigenvalue weighted by molar-refractivity contribution is 7.89. The van der Waals surface area contributed by atoms with Crippen LogP contribution in [0.3, 0.4) is 0 Å². The zero-order valence-electron chi connectivity index (χ0n) is 13.2. The molecule has 0 radical (unpaired) electrons. The number of aromatic nitrogens is 1. The molecule has 6 nitrogen and oxygen atoms in total. The molecule has 24 heavy (non-hydrogen) atoms. The van der Waals surface area contributed by atoms with Crippen LogP contribution < -0.4 is 4.74 Å². The van der Waals surface area contributed by atoms with E-state index in [0.29, 0.717) is 24.4 Å². The van der Waals surface area contributed by atoms with E-state index in [1.165, 1.54) is 28.6 Å². The summed E-state index contributed by atoms with van der Waals surface area (Å²) < 4.78 is 32.5. The van der Waals surface area contributed by atoms with Crippen molar-refractivity contribution in [1.82, 2.24) is 9.29 Å². The average molecular weight is 343 g/mol. The Morgan fingerprint density at radius 1 is 1.25 bits per heavy atom. The minimum atomic E-state index is -3.57. The van der Waals surface area contributed by atoms with Gasteiger partial charge in [-0.3, -0.25) is 0 Å². The number of pyridine rings is 1. The fourth-order valence-electron chi connectivity index (χ4n) is 2.56. The summed E-state index contributed by atoms with van der Waals surface area (Å²) in [4.78, 5) is 4.38. The van der Waals surface area contributed by atoms with Gasteiger partial charge in [0.1, 0.15) is 6.10 Å². The number of ether oxygens (including phenoxy) is 1. The largest absolute Gasteiger partial charge is 0.473 e. The normalized spacial score (nSPS) is 18.2. The fourth-order valence-corrected chi connectivity index (χ4v) is 4.04. The Morgan fingerprint density at radius 3 is 2.62 bits per heavy atom. The van der Waals surface area contributed by atoms with E-state index >= 15 is 0 Å². The van der Waals surface area contributed by atoms with Gasteiger partial charge in [0.15, 0.2) is 0 Å². The minimum Gasteiger partial charge on any atom is -0.473 e. The van der Waals surface area contributed by atoms with Crippen molar-refractivity contribution in [2.45, 2.75) is 24.3 Å². The van der Waals surface area contributed by atoms with E-state index in [2.05, 4.69) is 4.98 Å². The number of sulfonamides is 1. The van der Waals surface area contributed by atoms with Gasteiger partial charge in [-0.2, -0.15) is 9.57 Å². The molecule has 0 aliphatic carbocycles. The first-order chi connectivity index (χ1) is 11.5. The summed E-state index contributed by atoms with van der Waals surface area (Å²) in [6.45, 7) is 2.63. The topological polar surface area (TPSA) is 83.3 Å². The molecular formula is C17H17N3O3S. The number of hydrogen-bond donors (Lipinski definition) is 0. The Labute approximate surface area is 141 Å². The predicted octanol–water partition coefficient (Wildman–Crippen LogP) is 2.10. The predicted molar refractivity (Wildman–Crippen MR) is 87.9 cm³/mol. The van der Waals surface area contributed by atoms with Gasteiger partial charge in [0.05, 0.1) is 23.1 Å². The van der Waals surface area contributed by atoms with Crippen molar-refractivity contribution in [2.75, 3.05) is 13.1 Å². The molecule has 1 fully saturated rings. The zero-order chi connectivity index (χ0) is 17.2. The SMILES string of the molecule is Cc1ccc(OC2CCN(S(=O)(=O)c3ccc(C#N)cc3)C2)nc1. The first-order valence-electron chi connectivity index (χ1n) is 7.58. The second-order valence-electron chi connectivity index (χ2n) is 5.70. The third-order valence-electron chi connectivity index (χ3n) is 3.90. The van der Waals surface area contributed by atoms with Crippen LogP contribution in [0.5, 0.6) is 5.88 Å². The summed E-state index contributed by atoms with van der Waals surface area (Å²) in [5.41, 5.74) is 1.47. The van der Waals surface area contributed by atoms with Gasteiger partial charge in [-0.15, -0.1) is 0 Å². The molecule has 124 valence electrons. The Balaban J connectivity index is 1.69. The lowest BCUT2D eigenvalue weighted by Crippen LogP contribution is -2.31. The number of nitrogens with zero attached hydrogens (tertiary/aromatic N) is 3. The quantitative estimate of drug-likeness (QED) is 0.849. The van der Waals surface area contributed by atoms with Crippen LogP contribution >= 0.6 is 0 Å². The summed E-state index contributed by atoms with van der Waals surface area (Å²) in [7, 11) is -3.57. The highest BCUT2D eigenvalue weighted by atomic mass is 32.2. The van der Waals surface area contributed by atoms with Gasteiger partial charge in [-0.25, -0.2) is 13.4 Å². The molecule has 3 rings (SSSR count). The molecular weight excluding hydrogens is 326 g/mol. The third-order valence-corrected chi connectivity index (χ3v) is 5.78. The molecule has 1 aromatic heterocycles. The second-order valence-corrected chi connectivity index (χ2v) is 7.64. The molecule has 0 saturated carbocycles. The maximum absolute atomic E-state index is 12.6. The van der Waals surface area contributed by atoms with Crippen LogP contribution in [0.15, 0.2) is 47.5 Å². The molecule has 1 aromatic carbocycles. The molecule has 2 aromatic rings. The Bertz CT molecular complexity index is 855. The molecule has 0 spiro atoms. The van der Waals surface area contributed by atoms with Gasteiger partial charge in [0, 0.05) is 18.8 Å². The monoisotopic (exact) mass is 343 g/mol. The number of rotatable bonds is 4. The molecule has 1 saturated heterocycles. The average Bonchev–Trinajstić information content (AvgIpc) is 3.06. The van der Waals surface area contributed by atoms with E-state index in [9.17, 15) is 8.42 Å². The van der Waals surface area contributed by atoms with Gasteiger partial charge in [-0.1, -0.05) is 6.07 Å². The summed E-state index contributed by atoms with van der Waals surface area (Å²) in [6, 6.07) is 11.6. The molecule has 0 amide bonds. The fraction of sp³-hybridized carbons (Fsp3) is 0.294. The number of hydrogen-bond acceptors (Lipinski definition) is 5. The maximum Gasteiger partial charge on any atom is 0.243 e. The third kappa shape index (κ3) is 3.40. The van der Waals surface area contributed by atoms with Crippen molar-refractivity contribution in [3.8, 4) is 11.9 Å². The van der Waals surface area contributed by atoms with Crippen LogP contribution in [0.25, 0.3) is 0 Å². The van der Waals surface area contributed by atoms with Crippen molar-refractivity contribution in [3.05, 3.63) is 53.7 Å². The van der Waals surface area contributed by atoms with E-state index in [1.807, 2.05) is 19.1 Å². The number of aryl methyl sites for hydroxylation is 1. The molecule has 1 aliphatic heterocycles. The van der Waals surface area contributed by atoms with Crippen molar-refractivity contribution >= 4 is 10.0 Å². The van der Waals surface area contributed by atoms with Crippen molar-refractivity contribution in [2.24, 2.45) is 0 Å². The Morgan fingerprint density at radius 2 is 2.00 bits per heavy atom. The van der Waals surface area contributed by atoms with Gasteiger partial charge >= 0.3 is 0 Å². The van der Waals surface area contributed by atoms with E-state index in [-0.39, 0.29) is 17.5 Å². The summed E-state index contributed by atoms with van der Waals surface area (Å²) >= 11 is 0. The Hall–Kier alpha value is -2.43. The molecule has 2 heterocycles. The van der Waals surface area contributed by atoms with Crippen LogP contribution in [-0.2, 0) is 10.0 Å². The number of benzene rings is 1. The Kier molecular flexibility index (Phi) is 4.51. The van der Waals surface area contributed by atoms with Crippen molar-refractivity contribution in [1.29, 1.82) is 5.26 Å². The van der Waals surface area contributed by atoms with Crippen LogP contribution in [0.4, 0.5) is 0 Å². The van der Waals surface area contributed by atoms with Gasteiger partial charge in [-0.05, 0) is 43.2 Å². The lowest BCUT2D eigenvalue weighted by molar-refractivity contribution is 0.207. The summed E-state index contributed by atoms with van der Waals surface area (Å²) in [5, 5.41) is 8.80. The van der Waals surface area contributed by atoms with Crippen LogP contribution in [-0.4, -0.2) is 36.9 Å². The molecule has 1 aliphatic rings. The first-order valence-corrected chi connectivity index (χ1v) is 9.03. The van der Waals surface area contributed by atoms with Crippen LogP contribution in [0.2, 0.25) is 0 Å². The van der Waals surface area contributed by atoms with Crippen LogP contribution in [0, 0.1) is 18.3 Å². The van der Waals surface area contributed by atoms with E-state index < -0.39 is 10.0 Å². The van der Waals surface area contributed by atoms with Crippen LogP contribution in [0.1, 0.15) is 17.5 Å². The van der Waals surface area contributed by atoms with E-state index in [1.54, 1.807) is 12.3 Å². The molecule has 7 heteroatoms. The second kappa shape index (κ2) is 6.59. The van der Waals surface area contributed by atoms with Crippen molar-refractivity contribution < 1.29 is 13.2 Å². The molecule has 0 bridgehead atoms. The lowest BCUT2D eigenvalue weighted by Gasteiger charge is -2.17. The minimum absolute atomic E-state index is 0.190. The first kappa shape index (κ1) is 16.4. The van der Waals surface area contributed by atoms with Gasteiger partial charge in [0.2, 0.25) is 15.9 Å². The molecule has 1 atom stereocenters.